The maximum atomic E-state index is 13.1. The van der Waals surface area contributed by atoms with Crippen molar-refractivity contribution in [3.05, 3.63) is 40.7 Å². The fraction of sp³-hybridized carbons (Fsp3) is 0.565. The van der Waals surface area contributed by atoms with Crippen molar-refractivity contribution in [2.45, 2.75) is 50.0 Å². The van der Waals surface area contributed by atoms with Gasteiger partial charge in [0.2, 0.25) is 17.7 Å². The average molecular weight is 482 g/mol. The topological polar surface area (TPSA) is 95.7 Å². The zero-order valence-corrected chi connectivity index (χ0v) is 19.8. The molecule has 1 radical (unpaired) electrons. The highest BCUT2D eigenvalue weighted by molar-refractivity contribution is 6.42. The van der Waals surface area contributed by atoms with Crippen molar-refractivity contribution in [3.8, 4) is 0 Å². The fourth-order valence-corrected chi connectivity index (χ4v) is 4.93. The lowest BCUT2D eigenvalue weighted by molar-refractivity contribution is -0.153. The van der Waals surface area contributed by atoms with Gasteiger partial charge < -0.3 is 20.9 Å². The molecule has 3 amide bonds. The Bertz CT molecular complexity index is 856. The van der Waals surface area contributed by atoms with Crippen LogP contribution >= 0.6 is 23.2 Å². The van der Waals surface area contributed by atoms with Crippen molar-refractivity contribution in [3.63, 3.8) is 0 Å². The monoisotopic (exact) mass is 481 g/mol. The van der Waals surface area contributed by atoms with Gasteiger partial charge in [0.25, 0.3) is 0 Å². The molecule has 0 aromatic heterocycles. The molecule has 2 aliphatic heterocycles. The van der Waals surface area contributed by atoms with Gasteiger partial charge in [0.05, 0.1) is 16.6 Å². The molecule has 1 aromatic rings. The first-order valence-electron chi connectivity index (χ1n) is 11.1. The fourth-order valence-electron chi connectivity index (χ4n) is 4.63. The number of nitrogens with two attached hydrogens (primary N) is 1. The lowest BCUT2D eigenvalue weighted by Crippen LogP contribution is -2.66. The predicted molar refractivity (Wildman–Crippen MR) is 125 cm³/mol. The van der Waals surface area contributed by atoms with E-state index in [1.54, 1.807) is 11.0 Å². The summed E-state index contributed by atoms with van der Waals surface area (Å²) in [5, 5.41) is 3.69. The Balaban J connectivity index is 1.62. The number of primary amides is 1. The van der Waals surface area contributed by atoms with E-state index in [2.05, 4.69) is 17.1 Å². The van der Waals surface area contributed by atoms with Gasteiger partial charge in [-0.25, -0.2) is 0 Å². The van der Waals surface area contributed by atoms with Gasteiger partial charge in [-0.1, -0.05) is 29.3 Å². The summed E-state index contributed by atoms with van der Waals surface area (Å²) in [6.07, 6.45) is 4.08. The van der Waals surface area contributed by atoms with E-state index in [1.807, 2.05) is 12.1 Å². The van der Waals surface area contributed by atoms with Crippen LogP contribution in [0.1, 0.15) is 50.0 Å². The summed E-state index contributed by atoms with van der Waals surface area (Å²) in [5.41, 5.74) is 5.33. The molecule has 3 N–H and O–H groups in total. The number of carbonyl (C=O) groups is 3. The summed E-state index contributed by atoms with van der Waals surface area (Å²) in [4.78, 5) is 41.0. The molecule has 2 fully saturated rings. The first kappa shape index (κ1) is 24.8. The lowest BCUT2D eigenvalue weighted by Gasteiger charge is -2.48. The number of piperidine rings is 2. The second-order valence-corrected chi connectivity index (χ2v) is 9.50. The third kappa shape index (κ3) is 5.74. The summed E-state index contributed by atoms with van der Waals surface area (Å²) < 4.78 is 0. The number of likely N-dealkylation sites (tertiary alicyclic amines) is 2. The van der Waals surface area contributed by atoms with Crippen molar-refractivity contribution < 1.29 is 14.4 Å². The number of hydrogen-bond donors (Lipinski definition) is 2. The normalized spacial score (nSPS) is 20.1. The molecule has 175 valence electrons. The SMILES string of the molecule is [CH2]C(CCN1CCC(C(=O)NCC(N)=O)(N2CCCCC2=O)CC1)c1ccc(Cl)c(Cl)c1. The number of nitrogens with zero attached hydrogens (tertiary/aromatic N) is 2. The molecule has 1 atom stereocenters. The van der Waals surface area contributed by atoms with Crippen LogP contribution in [0.25, 0.3) is 0 Å². The van der Waals surface area contributed by atoms with Gasteiger partial charge >= 0.3 is 0 Å². The number of benzene rings is 1. The van der Waals surface area contributed by atoms with Crippen LogP contribution in [-0.4, -0.2) is 65.8 Å². The minimum absolute atomic E-state index is 0.0105. The smallest absolute Gasteiger partial charge is 0.246 e. The number of hydrogen-bond acceptors (Lipinski definition) is 4. The number of halogens is 2. The zero-order valence-electron chi connectivity index (χ0n) is 18.2. The Morgan fingerprint density at radius 3 is 2.50 bits per heavy atom. The van der Waals surface area contributed by atoms with Crippen LogP contribution in [0.3, 0.4) is 0 Å². The van der Waals surface area contributed by atoms with E-state index in [4.69, 9.17) is 28.9 Å². The summed E-state index contributed by atoms with van der Waals surface area (Å²) in [6, 6.07) is 5.58. The van der Waals surface area contributed by atoms with E-state index in [9.17, 15) is 14.4 Å². The maximum absolute atomic E-state index is 13.1. The third-order valence-corrected chi connectivity index (χ3v) is 7.32. The highest BCUT2D eigenvalue weighted by Crippen LogP contribution is 2.33. The molecule has 3 rings (SSSR count). The molecule has 2 aliphatic rings. The molecule has 0 aliphatic carbocycles. The molecule has 0 saturated carbocycles. The molecule has 2 saturated heterocycles. The van der Waals surface area contributed by atoms with E-state index in [-0.39, 0.29) is 24.3 Å². The zero-order chi connectivity index (χ0) is 23.3. The Kier molecular flexibility index (Phi) is 8.42. The van der Waals surface area contributed by atoms with E-state index in [0.29, 0.717) is 48.9 Å². The Morgan fingerprint density at radius 2 is 1.88 bits per heavy atom. The van der Waals surface area contributed by atoms with Gasteiger partial charge in [0.1, 0.15) is 5.54 Å². The molecule has 7 nitrogen and oxygen atoms in total. The van der Waals surface area contributed by atoms with Gasteiger partial charge in [-0.2, -0.15) is 0 Å². The molecule has 1 unspecified atom stereocenters. The standard InChI is InChI=1S/C23H31Cl2N4O3/c1-16(17-5-6-18(24)19(25)14-17)7-11-28-12-8-23(9-13-28,22(32)27-15-20(26)30)29-10-3-2-4-21(29)31/h5-6,14,16H,1-4,7-13,15H2,(H2,26,30)(H,27,32). The first-order valence-corrected chi connectivity index (χ1v) is 11.9. The predicted octanol–water partition coefficient (Wildman–Crippen LogP) is 2.75. The first-order chi connectivity index (χ1) is 15.2. The van der Waals surface area contributed by atoms with Crippen molar-refractivity contribution >= 4 is 40.9 Å². The highest BCUT2D eigenvalue weighted by Gasteiger charge is 2.48. The summed E-state index contributed by atoms with van der Waals surface area (Å²) in [5.74, 6) is -0.799. The molecule has 1 aromatic carbocycles. The molecular formula is C23H31Cl2N4O3. The van der Waals surface area contributed by atoms with E-state index >= 15 is 0 Å². The van der Waals surface area contributed by atoms with E-state index in [1.165, 1.54) is 0 Å². The van der Waals surface area contributed by atoms with Gasteiger partial charge in [-0.3, -0.25) is 14.4 Å². The van der Waals surface area contributed by atoms with Crippen molar-refractivity contribution in [1.82, 2.24) is 15.1 Å². The summed E-state index contributed by atoms with van der Waals surface area (Å²) >= 11 is 12.1. The van der Waals surface area contributed by atoms with Crippen molar-refractivity contribution in [2.24, 2.45) is 5.73 Å². The molecular weight excluding hydrogens is 451 g/mol. The van der Waals surface area contributed by atoms with Crippen LogP contribution in [0, 0.1) is 6.92 Å². The molecule has 9 heteroatoms. The highest BCUT2D eigenvalue weighted by atomic mass is 35.5. The average Bonchev–Trinajstić information content (AvgIpc) is 2.78. The van der Waals surface area contributed by atoms with Crippen LogP contribution in [0.5, 0.6) is 0 Å². The lowest BCUT2D eigenvalue weighted by atomic mass is 9.82. The van der Waals surface area contributed by atoms with Gasteiger partial charge in [0.15, 0.2) is 0 Å². The van der Waals surface area contributed by atoms with Crippen LogP contribution in [0.15, 0.2) is 18.2 Å². The number of carbonyl (C=O) groups excluding carboxylic acids is 3. The van der Waals surface area contributed by atoms with Crippen molar-refractivity contribution in [1.29, 1.82) is 0 Å². The Morgan fingerprint density at radius 1 is 1.16 bits per heavy atom. The minimum Gasteiger partial charge on any atom is -0.368 e. The Hall–Kier alpha value is -1.83. The van der Waals surface area contributed by atoms with E-state index < -0.39 is 11.4 Å². The van der Waals surface area contributed by atoms with Crippen molar-refractivity contribution in [2.75, 3.05) is 32.7 Å². The van der Waals surface area contributed by atoms with Crippen LogP contribution in [-0.2, 0) is 14.4 Å². The maximum Gasteiger partial charge on any atom is 0.246 e. The molecule has 0 bridgehead atoms. The van der Waals surface area contributed by atoms with Crippen LogP contribution in [0.2, 0.25) is 10.0 Å². The largest absolute Gasteiger partial charge is 0.368 e. The summed E-state index contributed by atoms with van der Waals surface area (Å²) in [7, 11) is 0. The Labute approximate surface area is 199 Å². The van der Waals surface area contributed by atoms with Gasteiger partial charge in [0, 0.05) is 26.1 Å². The summed E-state index contributed by atoms with van der Waals surface area (Å²) in [6.45, 7) is 6.79. The molecule has 2 heterocycles. The van der Waals surface area contributed by atoms with E-state index in [0.717, 1.165) is 31.4 Å². The number of nitrogens with one attached hydrogen (secondary N) is 1. The minimum atomic E-state index is -0.920. The second kappa shape index (κ2) is 10.9. The van der Waals surface area contributed by atoms with Crippen LogP contribution in [0.4, 0.5) is 0 Å². The molecule has 32 heavy (non-hydrogen) atoms. The quantitative estimate of drug-likeness (QED) is 0.596. The van der Waals surface area contributed by atoms with Crippen LogP contribution < -0.4 is 11.1 Å². The second-order valence-electron chi connectivity index (χ2n) is 8.68. The third-order valence-electron chi connectivity index (χ3n) is 6.58. The van der Waals surface area contributed by atoms with Gasteiger partial charge in [-0.15, -0.1) is 0 Å². The number of amides is 3. The van der Waals surface area contributed by atoms with Gasteiger partial charge in [-0.05, 0) is 69.2 Å². The molecule has 0 spiro atoms. The number of rotatable bonds is 8.